The molecule has 1 aromatic rings. The normalized spacial score (nSPS) is 12.1. The Bertz CT molecular complexity index is 353. The van der Waals surface area contributed by atoms with Gasteiger partial charge in [-0.25, -0.2) is 0 Å². The number of hydrogen-bond donors (Lipinski definition) is 2. The number of carbonyl (C=O) groups is 1. The number of primary amides is 1. The molecule has 0 aromatic heterocycles. The van der Waals surface area contributed by atoms with E-state index in [0.717, 1.165) is 17.1 Å². The Kier molecular flexibility index (Phi) is 5.86. The van der Waals surface area contributed by atoms with E-state index in [2.05, 4.69) is 0 Å². The van der Waals surface area contributed by atoms with Crippen LogP contribution in [0.3, 0.4) is 0 Å². The summed E-state index contributed by atoms with van der Waals surface area (Å²) in [5, 5.41) is 9.44. The van der Waals surface area contributed by atoms with Crippen LogP contribution in [0.15, 0.2) is 24.3 Å². The molecular weight excluding hydrogens is 238 g/mol. The standard InChI is InChI=1S/C12H17NO3S/c1-16-11-4-2-9(3-5-11)7-17-8-10(14)6-12(13)15/h2-5,10,14H,6-8H2,1H3,(H2,13,15). The molecule has 0 heterocycles. The summed E-state index contributed by atoms with van der Waals surface area (Å²) in [5.74, 6) is 1.66. The SMILES string of the molecule is COc1ccc(CSCC(O)CC(N)=O)cc1. The highest BCUT2D eigenvalue weighted by atomic mass is 32.2. The number of ether oxygens (including phenoxy) is 1. The lowest BCUT2D eigenvalue weighted by molar-refractivity contribution is -0.119. The van der Waals surface area contributed by atoms with Crippen LogP contribution >= 0.6 is 11.8 Å². The minimum absolute atomic E-state index is 0.0234. The molecule has 0 spiro atoms. The zero-order valence-corrected chi connectivity index (χ0v) is 10.6. The molecular formula is C12H17NO3S. The number of rotatable bonds is 7. The van der Waals surface area contributed by atoms with Gasteiger partial charge in [-0.2, -0.15) is 11.8 Å². The number of benzene rings is 1. The first-order valence-electron chi connectivity index (χ1n) is 5.29. The van der Waals surface area contributed by atoms with Gasteiger partial charge in [0.1, 0.15) is 5.75 Å². The van der Waals surface area contributed by atoms with Gasteiger partial charge in [-0.3, -0.25) is 4.79 Å². The molecule has 0 radical (unpaired) electrons. The summed E-state index contributed by atoms with van der Waals surface area (Å²) >= 11 is 1.57. The lowest BCUT2D eigenvalue weighted by Gasteiger charge is -2.08. The fraction of sp³-hybridized carbons (Fsp3) is 0.417. The maximum absolute atomic E-state index is 10.6. The second-order valence-electron chi connectivity index (χ2n) is 3.69. The van der Waals surface area contributed by atoms with Crippen LogP contribution in [0.4, 0.5) is 0 Å². The van der Waals surface area contributed by atoms with Crippen LogP contribution in [-0.4, -0.2) is 30.0 Å². The highest BCUT2D eigenvalue weighted by molar-refractivity contribution is 7.98. The molecule has 0 aliphatic carbocycles. The molecule has 0 aliphatic heterocycles. The molecule has 4 nitrogen and oxygen atoms in total. The van der Waals surface area contributed by atoms with E-state index in [1.54, 1.807) is 18.9 Å². The first-order valence-corrected chi connectivity index (χ1v) is 6.44. The molecule has 0 saturated heterocycles. The first-order chi connectivity index (χ1) is 8.11. The van der Waals surface area contributed by atoms with Crippen molar-refractivity contribution in [3.8, 4) is 5.75 Å². The van der Waals surface area contributed by atoms with E-state index in [1.807, 2.05) is 24.3 Å². The predicted octanol–water partition coefficient (Wildman–Crippen LogP) is 1.16. The summed E-state index contributed by atoms with van der Waals surface area (Å²) in [4.78, 5) is 10.6. The van der Waals surface area contributed by atoms with Crippen LogP contribution in [0.1, 0.15) is 12.0 Å². The van der Waals surface area contributed by atoms with E-state index in [1.165, 1.54) is 0 Å². The third kappa shape index (κ3) is 5.60. The quantitative estimate of drug-likeness (QED) is 0.767. The fourth-order valence-corrected chi connectivity index (χ4v) is 2.26. The highest BCUT2D eigenvalue weighted by Crippen LogP contribution is 2.17. The summed E-state index contributed by atoms with van der Waals surface area (Å²) in [7, 11) is 1.63. The Labute approximate surface area is 105 Å². The van der Waals surface area contributed by atoms with E-state index < -0.39 is 12.0 Å². The molecule has 5 heteroatoms. The van der Waals surface area contributed by atoms with Crippen molar-refractivity contribution in [1.29, 1.82) is 0 Å². The zero-order chi connectivity index (χ0) is 12.7. The fourth-order valence-electron chi connectivity index (χ4n) is 1.33. The van der Waals surface area contributed by atoms with Crippen LogP contribution in [0.5, 0.6) is 5.75 Å². The number of aliphatic hydroxyl groups excluding tert-OH is 1. The molecule has 1 unspecified atom stereocenters. The maximum atomic E-state index is 10.6. The molecule has 0 aliphatic rings. The van der Waals surface area contributed by atoms with Crippen LogP contribution in [0.2, 0.25) is 0 Å². The minimum Gasteiger partial charge on any atom is -0.497 e. The van der Waals surface area contributed by atoms with Crippen molar-refractivity contribution in [1.82, 2.24) is 0 Å². The van der Waals surface area contributed by atoms with Gasteiger partial charge in [-0.05, 0) is 17.7 Å². The van der Waals surface area contributed by atoms with Gasteiger partial charge >= 0.3 is 0 Å². The maximum Gasteiger partial charge on any atom is 0.220 e. The van der Waals surface area contributed by atoms with E-state index in [0.29, 0.717) is 5.75 Å². The van der Waals surface area contributed by atoms with Crippen LogP contribution in [0, 0.1) is 0 Å². The molecule has 0 fully saturated rings. The molecule has 0 saturated carbocycles. The van der Waals surface area contributed by atoms with Gasteiger partial charge in [0.05, 0.1) is 19.6 Å². The van der Waals surface area contributed by atoms with Crippen LogP contribution in [-0.2, 0) is 10.5 Å². The zero-order valence-electron chi connectivity index (χ0n) is 9.76. The third-order valence-corrected chi connectivity index (χ3v) is 3.33. The third-order valence-electron chi connectivity index (χ3n) is 2.17. The second kappa shape index (κ2) is 7.19. The summed E-state index contributed by atoms with van der Waals surface area (Å²) in [6, 6.07) is 7.75. The van der Waals surface area contributed by atoms with E-state index in [9.17, 15) is 9.90 Å². The molecule has 0 bridgehead atoms. The number of carbonyl (C=O) groups excluding carboxylic acids is 1. The van der Waals surface area contributed by atoms with Crippen LogP contribution in [0.25, 0.3) is 0 Å². The van der Waals surface area contributed by atoms with Gasteiger partial charge in [0.2, 0.25) is 5.91 Å². The lowest BCUT2D eigenvalue weighted by Crippen LogP contribution is -2.21. The van der Waals surface area contributed by atoms with Crippen molar-refractivity contribution in [3.63, 3.8) is 0 Å². The number of nitrogens with two attached hydrogens (primary N) is 1. The number of amides is 1. The van der Waals surface area contributed by atoms with Gasteiger partial charge < -0.3 is 15.6 Å². The van der Waals surface area contributed by atoms with Crippen molar-refractivity contribution in [3.05, 3.63) is 29.8 Å². The molecule has 17 heavy (non-hydrogen) atoms. The Hall–Kier alpha value is -1.20. The molecule has 3 N–H and O–H groups in total. The van der Waals surface area contributed by atoms with Gasteiger partial charge in [-0.15, -0.1) is 0 Å². The number of thioether (sulfide) groups is 1. The van der Waals surface area contributed by atoms with E-state index >= 15 is 0 Å². The molecule has 94 valence electrons. The summed E-state index contributed by atoms with van der Waals surface area (Å²) in [6.07, 6.45) is -0.633. The molecule has 1 rings (SSSR count). The van der Waals surface area contributed by atoms with Crippen molar-refractivity contribution in [2.75, 3.05) is 12.9 Å². The second-order valence-corrected chi connectivity index (χ2v) is 4.72. The van der Waals surface area contributed by atoms with Crippen molar-refractivity contribution in [2.45, 2.75) is 18.3 Å². The predicted molar refractivity (Wildman–Crippen MR) is 69.0 cm³/mol. The first kappa shape index (κ1) is 13.9. The Morgan fingerprint density at radius 1 is 1.47 bits per heavy atom. The van der Waals surface area contributed by atoms with Gasteiger partial charge in [0.25, 0.3) is 0 Å². The van der Waals surface area contributed by atoms with Crippen molar-refractivity contribution in [2.24, 2.45) is 5.73 Å². The van der Waals surface area contributed by atoms with E-state index in [4.69, 9.17) is 10.5 Å². The Morgan fingerprint density at radius 2 is 2.12 bits per heavy atom. The monoisotopic (exact) mass is 255 g/mol. The van der Waals surface area contributed by atoms with Gasteiger partial charge in [-0.1, -0.05) is 12.1 Å². The number of methoxy groups -OCH3 is 1. The van der Waals surface area contributed by atoms with Gasteiger partial charge in [0, 0.05) is 11.5 Å². The molecule has 1 aromatic carbocycles. The van der Waals surface area contributed by atoms with E-state index in [-0.39, 0.29) is 6.42 Å². The number of hydrogen-bond acceptors (Lipinski definition) is 4. The molecule has 1 atom stereocenters. The summed E-state index contributed by atoms with van der Waals surface area (Å²) in [6.45, 7) is 0. The molecule has 1 amide bonds. The Balaban J connectivity index is 2.28. The number of aliphatic hydroxyl groups is 1. The Morgan fingerprint density at radius 3 is 2.65 bits per heavy atom. The average Bonchev–Trinajstić information content (AvgIpc) is 2.29. The lowest BCUT2D eigenvalue weighted by atomic mass is 10.2. The van der Waals surface area contributed by atoms with Crippen LogP contribution < -0.4 is 10.5 Å². The summed E-state index contributed by atoms with van der Waals surface area (Å²) in [5.41, 5.74) is 6.14. The topological polar surface area (TPSA) is 72.6 Å². The average molecular weight is 255 g/mol. The summed E-state index contributed by atoms with van der Waals surface area (Å²) < 4.78 is 5.06. The smallest absolute Gasteiger partial charge is 0.220 e. The van der Waals surface area contributed by atoms with Crippen molar-refractivity contribution < 1.29 is 14.6 Å². The van der Waals surface area contributed by atoms with Gasteiger partial charge in [0.15, 0.2) is 0 Å². The highest BCUT2D eigenvalue weighted by Gasteiger charge is 2.07. The minimum atomic E-state index is -0.657. The largest absolute Gasteiger partial charge is 0.497 e. The van der Waals surface area contributed by atoms with Crippen molar-refractivity contribution >= 4 is 17.7 Å².